The number of aromatic nitrogens is 3. The van der Waals surface area contributed by atoms with Gasteiger partial charge in [0.25, 0.3) is 0 Å². The zero-order valence-electron chi connectivity index (χ0n) is 22.3. The monoisotopic (exact) mass is 534 g/mol. The second-order valence-corrected chi connectivity index (χ2v) is 12.0. The van der Waals surface area contributed by atoms with Crippen LogP contribution in [0.1, 0.15) is 60.3 Å². The van der Waals surface area contributed by atoms with Gasteiger partial charge in [0.05, 0.1) is 23.0 Å². The van der Waals surface area contributed by atoms with Crippen molar-refractivity contribution in [3.8, 4) is 6.01 Å². The number of hydrogen-bond acceptors (Lipinski definition) is 8. The molecule has 0 unspecified atom stereocenters. The number of pyridine rings is 1. The van der Waals surface area contributed by atoms with Crippen molar-refractivity contribution in [2.24, 2.45) is 0 Å². The molecule has 0 N–H and O–H groups in total. The van der Waals surface area contributed by atoms with E-state index in [1.54, 1.807) is 4.90 Å². The summed E-state index contributed by atoms with van der Waals surface area (Å²) in [6.07, 6.45) is 5.63. The first-order valence-corrected chi connectivity index (χ1v) is 13.5. The predicted octanol–water partition coefficient (Wildman–Crippen LogP) is 4.66. The molecule has 3 saturated heterocycles. The number of nitrogens with zero attached hydrogens (tertiary/aromatic N) is 6. The molecule has 0 spiro atoms. The van der Waals surface area contributed by atoms with Gasteiger partial charge in [0.15, 0.2) is 11.0 Å². The first-order valence-electron chi connectivity index (χ1n) is 13.1. The van der Waals surface area contributed by atoms with Crippen LogP contribution in [-0.2, 0) is 4.74 Å². The fraction of sp³-hybridized carbons (Fsp3) is 0.692. The highest BCUT2D eigenvalue weighted by Crippen LogP contribution is 2.39. The Hall–Kier alpha value is -2.46. The van der Waals surface area contributed by atoms with Gasteiger partial charge in [-0.25, -0.2) is 14.2 Å². The van der Waals surface area contributed by atoms with Gasteiger partial charge in [0.1, 0.15) is 23.5 Å². The molecule has 0 aromatic carbocycles. The third-order valence-corrected chi connectivity index (χ3v) is 7.97. The Morgan fingerprint density at radius 3 is 2.43 bits per heavy atom. The molecule has 2 aromatic heterocycles. The maximum Gasteiger partial charge on any atom is 0.410 e. The zero-order chi connectivity index (χ0) is 26.5. The SMILES string of the molecule is C[C@@H]1CN(c2nc(OCC34CCCN3CCC4)nc3c(F)c(Cl)ncc23)C[C@H](C)N1C(=O)OC(C)(C)C. The summed E-state index contributed by atoms with van der Waals surface area (Å²) in [4.78, 5) is 32.4. The molecule has 9 nitrogen and oxygen atoms in total. The van der Waals surface area contributed by atoms with Crippen molar-refractivity contribution in [2.75, 3.05) is 37.7 Å². The lowest BCUT2D eigenvalue weighted by atomic mass is 9.95. The Balaban J connectivity index is 1.44. The number of carbonyl (C=O) groups excluding carboxylic acids is 1. The molecule has 5 heterocycles. The molecule has 1 amide bonds. The molecule has 3 aliphatic rings. The van der Waals surface area contributed by atoms with E-state index >= 15 is 4.39 Å². The minimum atomic E-state index is -0.692. The number of piperazine rings is 1. The van der Waals surface area contributed by atoms with E-state index < -0.39 is 11.4 Å². The summed E-state index contributed by atoms with van der Waals surface area (Å²) in [5.41, 5.74) is -0.490. The Kier molecular flexibility index (Phi) is 6.85. The second kappa shape index (κ2) is 9.69. The maximum atomic E-state index is 15.1. The molecule has 11 heteroatoms. The van der Waals surface area contributed by atoms with Crippen LogP contribution >= 0.6 is 11.6 Å². The fourth-order valence-electron chi connectivity index (χ4n) is 6.14. The summed E-state index contributed by atoms with van der Waals surface area (Å²) in [6.45, 7) is 13.1. The van der Waals surface area contributed by atoms with E-state index in [9.17, 15) is 4.79 Å². The van der Waals surface area contributed by atoms with Crippen LogP contribution in [0.15, 0.2) is 6.20 Å². The normalized spacial score (nSPS) is 24.0. The van der Waals surface area contributed by atoms with Gasteiger partial charge in [-0.1, -0.05) is 11.6 Å². The summed E-state index contributed by atoms with van der Waals surface area (Å²) in [6, 6.07) is -0.198. The third kappa shape index (κ3) is 5.02. The summed E-state index contributed by atoms with van der Waals surface area (Å²) in [7, 11) is 0. The molecule has 37 heavy (non-hydrogen) atoms. The molecule has 0 saturated carbocycles. The molecule has 3 aliphatic heterocycles. The van der Waals surface area contributed by atoms with Crippen molar-refractivity contribution in [3.05, 3.63) is 17.2 Å². The van der Waals surface area contributed by atoms with Gasteiger partial charge in [-0.2, -0.15) is 9.97 Å². The quantitative estimate of drug-likeness (QED) is 0.524. The Bertz CT molecular complexity index is 1170. The molecule has 2 atom stereocenters. The van der Waals surface area contributed by atoms with Gasteiger partial charge in [0, 0.05) is 19.3 Å². The molecule has 3 fully saturated rings. The number of carbonyl (C=O) groups is 1. The van der Waals surface area contributed by atoms with E-state index in [2.05, 4.69) is 14.9 Å². The standard InChI is InChI=1S/C26H36ClFN6O3/c1-16-13-32(14-17(2)34(16)24(35)37-25(3,4)5)22-18-12-29-21(27)19(28)20(18)30-23(31-22)36-15-26-8-6-10-33(26)11-7-9-26/h12,16-17H,6-11,13-15H2,1-5H3/t16-,17+. The van der Waals surface area contributed by atoms with Crippen molar-refractivity contribution < 1.29 is 18.7 Å². The fourth-order valence-corrected chi connectivity index (χ4v) is 6.27. The van der Waals surface area contributed by atoms with E-state index in [1.807, 2.05) is 39.5 Å². The van der Waals surface area contributed by atoms with Crippen LogP contribution < -0.4 is 9.64 Å². The number of fused-ring (bicyclic) bond motifs is 2. The first-order chi connectivity index (χ1) is 17.5. The van der Waals surface area contributed by atoms with Crippen molar-refractivity contribution in [1.29, 1.82) is 0 Å². The molecule has 5 rings (SSSR count). The molecule has 202 valence electrons. The molecule has 2 aromatic rings. The molecular weight excluding hydrogens is 499 g/mol. The highest BCUT2D eigenvalue weighted by atomic mass is 35.5. The number of rotatable bonds is 4. The maximum absolute atomic E-state index is 15.1. The highest BCUT2D eigenvalue weighted by Gasteiger charge is 2.45. The van der Waals surface area contributed by atoms with Crippen LogP contribution in [0.4, 0.5) is 15.0 Å². The van der Waals surface area contributed by atoms with Crippen molar-refractivity contribution in [2.45, 2.75) is 83.5 Å². The highest BCUT2D eigenvalue weighted by molar-refractivity contribution is 6.30. The summed E-state index contributed by atoms with van der Waals surface area (Å²) in [5.74, 6) is -0.166. The average Bonchev–Trinajstić information content (AvgIpc) is 3.38. The number of ether oxygens (including phenoxy) is 2. The Morgan fingerprint density at radius 2 is 1.81 bits per heavy atom. The number of anilines is 1. The van der Waals surface area contributed by atoms with Gasteiger partial charge < -0.3 is 14.4 Å². The minimum absolute atomic E-state index is 0.00891. The van der Waals surface area contributed by atoms with Crippen LogP contribution in [0, 0.1) is 5.82 Å². The summed E-state index contributed by atoms with van der Waals surface area (Å²) < 4.78 is 27.0. The lowest BCUT2D eigenvalue weighted by Crippen LogP contribution is -2.59. The first kappa shape index (κ1) is 26.2. The van der Waals surface area contributed by atoms with Crippen LogP contribution in [0.2, 0.25) is 5.15 Å². The lowest BCUT2D eigenvalue weighted by Gasteiger charge is -2.45. The van der Waals surface area contributed by atoms with Crippen LogP contribution in [0.5, 0.6) is 6.01 Å². The van der Waals surface area contributed by atoms with Gasteiger partial charge >= 0.3 is 12.1 Å². The zero-order valence-corrected chi connectivity index (χ0v) is 23.0. The Labute approximate surface area is 222 Å². The number of halogens is 2. The van der Waals surface area contributed by atoms with Gasteiger partial charge in [-0.15, -0.1) is 0 Å². The van der Waals surface area contributed by atoms with Crippen LogP contribution in [0.3, 0.4) is 0 Å². The van der Waals surface area contributed by atoms with E-state index in [0.29, 0.717) is 30.9 Å². The lowest BCUT2D eigenvalue weighted by molar-refractivity contribution is 0.00561. The molecule has 0 bridgehead atoms. The van der Waals surface area contributed by atoms with Gasteiger partial charge in [0.2, 0.25) is 0 Å². The largest absolute Gasteiger partial charge is 0.461 e. The minimum Gasteiger partial charge on any atom is -0.461 e. The Morgan fingerprint density at radius 1 is 1.16 bits per heavy atom. The van der Waals surface area contributed by atoms with Gasteiger partial charge in [-0.3, -0.25) is 9.80 Å². The topological polar surface area (TPSA) is 83.9 Å². The number of amides is 1. The van der Waals surface area contributed by atoms with Crippen molar-refractivity contribution in [3.63, 3.8) is 0 Å². The van der Waals surface area contributed by atoms with Crippen molar-refractivity contribution in [1.82, 2.24) is 24.8 Å². The average molecular weight is 535 g/mol. The molecule has 0 radical (unpaired) electrons. The summed E-state index contributed by atoms with van der Waals surface area (Å²) in [5, 5.41) is 0.219. The smallest absolute Gasteiger partial charge is 0.410 e. The van der Waals surface area contributed by atoms with Crippen LogP contribution in [0.25, 0.3) is 10.9 Å². The van der Waals surface area contributed by atoms with Gasteiger partial charge in [-0.05, 0) is 73.4 Å². The van der Waals surface area contributed by atoms with Crippen molar-refractivity contribution >= 4 is 34.4 Å². The third-order valence-electron chi connectivity index (χ3n) is 7.70. The summed E-state index contributed by atoms with van der Waals surface area (Å²) >= 11 is 6.02. The van der Waals surface area contributed by atoms with E-state index in [1.165, 1.54) is 6.20 Å². The van der Waals surface area contributed by atoms with E-state index in [0.717, 1.165) is 38.8 Å². The van der Waals surface area contributed by atoms with E-state index in [4.69, 9.17) is 26.1 Å². The van der Waals surface area contributed by atoms with Crippen LogP contribution in [-0.4, -0.2) is 86.9 Å². The molecular formula is C26H36ClFN6O3. The second-order valence-electron chi connectivity index (χ2n) is 11.7. The van der Waals surface area contributed by atoms with E-state index in [-0.39, 0.29) is 40.4 Å². The predicted molar refractivity (Wildman–Crippen MR) is 140 cm³/mol. The number of hydrogen-bond donors (Lipinski definition) is 0. The molecule has 0 aliphatic carbocycles.